The first-order valence-corrected chi connectivity index (χ1v) is 8.21. The zero-order valence-corrected chi connectivity index (χ0v) is 12.9. The van der Waals surface area contributed by atoms with Gasteiger partial charge in [0.1, 0.15) is 4.90 Å². The molecule has 5 nitrogen and oxygen atoms in total. The number of para-hydroxylation sites is 1. The summed E-state index contributed by atoms with van der Waals surface area (Å²) in [6.45, 7) is 3.70. The van der Waals surface area contributed by atoms with Gasteiger partial charge in [-0.2, -0.15) is 5.10 Å². The standard InChI is InChI=1S/C13H16ClN3O2S/c1-3-10-13(20(15,18)19)11(4-2)17(16-10)12-8-6-5-7-9(12)14/h5-8H,3-4H2,1-2H3,(H2,15,18,19). The van der Waals surface area contributed by atoms with Gasteiger partial charge in [-0.1, -0.05) is 37.6 Å². The molecule has 0 aliphatic rings. The van der Waals surface area contributed by atoms with E-state index in [4.69, 9.17) is 16.7 Å². The number of benzene rings is 1. The molecule has 7 heteroatoms. The largest absolute Gasteiger partial charge is 0.241 e. The van der Waals surface area contributed by atoms with E-state index in [1.165, 1.54) is 0 Å². The average molecular weight is 314 g/mol. The third-order valence-electron chi connectivity index (χ3n) is 3.04. The van der Waals surface area contributed by atoms with Gasteiger partial charge in [-0.25, -0.2) is 18.2 Å². The SMILES string of the molecule is CCc1nn(-c2ccccc2Cl)c(CC)c1S(N)(=O)=O. The molecule has 0 saturated heterocycles. The van der Waals surface area contributed by atoms with Crippen molar-refractivity contribution in [1.29, 1.82) is 0 Å². The summed E-state index contributed by atoms with van der Waals surface area (Å²) in [7, 11) is -3.81. The quantitative estimate of drug-likeness (QED) is 0.940. The third-order valence-corrected chi connectivity index (χ3v) is 4.40. The Morgan fingerprint density at radius 1 is 1.25 bits per heavy atom. The Bertz CT molecular complexity index is 738. The summed E-state index contributed by atoms with van der Waals surface area (Å²) in [5.41, 5.74) is 1.66. The molecule has 108 valence electrons. The summed E-state index contributed by atoms with van der Waals surface area (Å²) in [5.74, 6) is 0. The molecule has 0 atom stereocenters. The Labute approximate surface area is 123 Å². The van der Waals surface area contributed by atoms with E-state index < -0.39 is 10.0 Å². The minimum Gasteiger partial charge on any atom is -0.235 e. The molecule has 2 aromatic rings. The second kappa shape index (κ2) is 5.55. The summed E-state index contributed by atoms with van der Waals surface area (Å²) < 4.78 is 25.2. The molecule has 0 aliphatic carbocycles. The van der Waals surface area contributed by atoms with E-state index in [0.717, 1.165) is 0 Å². The van der Waals surface area contributed by atoms with Crippen LogP contribution in [0.1, 0.15) is 25.2 Å². The maximum atomic E-state index is 11.8. The maximum absolute atomic E-state index is 11.8. The number of hydrogen-bond acceptors (Lipinski definition) is 3. The summed E-state index contributed by atoms with van der Waals surface area (Å²) in [6, 6.07) is 7.16. The van der Waals surface area contributed by atoms with Crippen molar-refractivity contribution in [2.24, 2.45) is 5.14 Å². The van der Waals surface area contributed by atoms with Crippen LogP contribution in [-0.2, 0) is 22.9 Å². The highest BCUT2D eigenvalue weighted by atomic mass is 35.5. The van der Waals surface area contributed by atoms with Crippen LogP contribution in [0.25, 0.3) is 5.69 Å². The Hall–Kier alpha value is -1.37. The molecule has 0 amide bonds. The lowest BCUT2D eigenvalue weighted by Crippen LogP contribution is -2.16. The highest BCUT2D eigenvalue weighted by Crippen LogP contribution is 2.27. The minimum absolute atomic E-state index is 0.113. The molecule has 1 aromatic carbocycles. The van der Waals surface area contributed by atoms with E-state index in [-0.39, 0.29) is 4.90 Å². The lowest BCUT2D eigenvalue weighted by Gasteiger charge is -2.08. The van der Waals surface area contributed by atoms with Crippen molar-refractivity contribution < 1.29 is 8.42 Å². The number of halogens is 1. The molecule has 2 rings (SSSR count). The summed E-state index contributed by atoms with van der Waals surface area (Å²) >= 11 is 6.17. The van der Waals surface area contributed by atoms with Gasteiger partial charge in [-0.3, -0.25) is 0 Å². The molecular weight excluding hydrogens is 298 g/mol. The van der Waals surface area contributed by atoms with Crippen molar-refractivity contribution in [2.45, 2.75) is 31.6 Å². The number of aromatic nitrogens is 2. The molecule has 0 radical (unpaired) electrons. The zero-order chi connectivity index (χ0) is 14.9. The fourth-order valence-corrected chi connectivity index (χ4v) is 3.47. The van der Waals surface area contributed by atoms with E-state index in [1.54, 1.807) is 16.8 Å². The minimum atomic E-state index is -3.81. The Balaban J connectivity index is 2.80. The zero-order valence-electron chi connectivity index (χ0n) is 11.3. The van der Waals surface area contributed by atoms with Crippen molar-refractivity contribution in [2.75, 3.05) is 0 Å². The van der Waals surface area contributed by atoms with Crippen molar-refractivity contribution in [1.82, 2.24) is 9.78 Å². The smallest absolute Gasteiger partial charge is 0.235 e. The second-order valence-corrected chi connectivity index (χ2v) is 6.24. The number of nitrogens with two attached hydrogens (primary N) is 1. The van der Waals surface area contributed by atoms with Crippen LogP contribution in [0.5, 0.6) is 0 Å². The number of sulfonamides is 1. The Morgan fingerprint density at radius 3 is 2.40 bits per heavy atom. The second-order valence-electron chi connectivity index (χ2n) is 4.34. The molecule has 0 fully saturated rings. The van der Waals surface area contributed by atoms with E-state index in [0.29, 0.717) is 34.9 Å². The molecule has 0 bridgehead atoms. The van der Waals surface area contributed by atoms with Gasteiger partial charge in [0, 0.05) is 0 Å². The molecule has 2 N–H and O–H groups in total. The van der Waals surface area contributed by atoms with Crippen LogP contribution >= 0.6 is 11.6 Å². The lowest BCUT2D eigenvalue weighted by molar-refractivity contribution is 0.595. The number of primary sulfonamides is 1. The molecule has 0 saturated carbocycles. The Morgan fingerprint density at radius 2 is 1.90 bits per heavy atom. The first-order chi connectivity index (χ1) is 9.40. The van der Waals surface area contributed by atoms with E-state index in [2.05, 4.69) is 5.10 Å². The van der Waals surface area contributed by atoms with Crippen LogP contribution in [0, 0.1) is 0 Å². The van der Waals surface area contributed by atoms with Gasteiger partial charge in [-0.05, 0) is 25.0 Å². The normalized spacial score (nSPS) is 11.8. The fraction of sp³-hybridized carbons (Fsp3) is 0.308. The highest BCUT2D eigenvalue weighted by molar-refractivity contribution is 7.89. The number of nitrogens with zero attached hydrogens (tertiary/aromatic N) is 2. The monoisotopic (exact) mass is 313 g/mol. The van der Waals surface area contributed by atoms with E-state index >= 15 is 0 Å². The predicted molar refractivity (Wildman–Crippen MR) is 78.7 cm³/mol. The van der Waals surface area contributed by atoms with Crippen LogP contribution in [0.4, 0.5) is 0 Å². The van der Waals surface area contributed by atoms with Gasteiger partial charge in [0.15, 0.2) is 0 Å². The van der Waals surface area contributed by atoms with Gasteiger partial charge in [0.25, 0.3) is 0 Å². The number of aryl methyl sites for hydroxylation is 1. The molecular formula is C13H16ClN3O2S. The topological polar surface area (TPSA) is 78.0 Å². The van der Waals surface area contributed by atoms with Crippen molar-refractivity contribution in [3.05, 3.63) is 40.7 Å². The molecule has 1 heterocycles. The molecule has 20 heavy (non-hydrogen) atoms. The fourth-order valence-electron chi connectivity index (χ4n) is 2.18. The van der Waals surface area contributed by atoms with Gasteiger partial charge < -0.3 is 0 Å². The van der Waals surface area contributed by atoms with Crippen LogP contribution in [-0.4, -0.2) is 18.2 Å². The van der Waals surface area contributed by atoms with Gasteiger partial charge in [0.05, 0.1) is 22.1 Å². The number of rotatable bonds is 4. The summed E-state index contributed by atoms with van der Waals surface area (Å²) in [4.78, 5) is 0.113. The van der Waals surface area contributed by atoms with Gasteiger partial charge in [0.2, 0.25) is 10.0 Å². The first-order valence-electron chi connectivity index (χ1n) is 6.28. The van der Waals surface area contributed by atoms with Crippen LogP contribution < -0.4 is 5.14 Å². The molecule has 0 spiro atoms. The lowest BCUT2D eigenvalue weighted by atomic mass is 10.2. The third kappa shape index (κ3) is 2.59. The van der Waals surface area contributed by atoms with Crippen LogP contribution in [0.2, 0.25) is 5.02 Å². The van der Waals surface area contributed by atoms with Crippen molar-refractivity contribution in [3.63, 3.8) is 0 Å². The van der Waals surface area contributed by atoms with Crippen LogP contribution in [0.15, 0.2) is 29.2 Å². The molecule has 0 unspecified atom stereocenters. The van der Waals surface area contributed by atoms with E-state index in [9.17, 15) is 8.42 Å². The van der Waals surface area contributed by atoms with Gasteiger partial charge >= 0.3 is 0 Å². The van der Waals surface area contributed by atoms with Crippen molar-refractivity contribution >= 4 is 21.6 Å². The Kier molecular flexibility index (Phi) is 4.17. The highest BCUT2D eigenvalue weighted by Gasteiger charge is 2.25. The average Bonchev–Trinajstić information content (AvgIpc) is 2.77. The summed E-state index contributed by atoms with van der Waals surface area (Å²) in [5, 5.41) is 10.2. The predicted octanol–water partition coefficient (Wildman–Crippen LogP) is 2.30. The number of hydrogen-bond donors (Lipinski definition) is 1. The first kappa shape index (κ1) is 15.0. The molecule has 0 aliphatic heterocycles. The molecule has 1 aromatic heterocycles. The van der Waals surface area contributed by atoms with Crippen molar-refractivity contribution in [3.8, 4) is 5.69 Å². The maximum Gasteiger partial charge on any atom is 0.241 e. The summed E-state index contributed by atoms with van der Waals surface area (Å²) in [6.07, 6.45) is 0.972. The van der Waals surface area contributed by atoms with Crippen LogP contribution in [0.3, 0.4) is 0 Å². The van der Waals surface area contributed by atoms with E-state index in [1.807, 2.05) is 26.0 Å². The van der Waals surface area contributed by atoms with Gasteiger partial charge in [-0.15, -0.1) is 0 Å².